The predicted molar refractivity (Wildman–Crippen MR) is 112 cm³/mol. The number of benzene rings is 1. The first kappa shape index (κ1) is 20.1. The van der Waals surface area contributed by atoms with Crippen molar-refractivity contribution in [3.05, 3.63) is 45.3 Å². The van der Waals surface area contributed by atoms with Crippen molar-refractivity contribution in [1.82, 2.24) is 9.80 Å². The van der Waals surface area contributed by atoms with E-state index in [0.29, 0.717) is 37.7 Å². The van der Waals surface area contributed by atoms with Gasteiger partial charge in [0.2, 0.25) is 0 Å². The van der Waals surface area contributed by atoms with E-state index in [1.54, 1.807) is 6.07 Å². The molecule has 6 nitrogen and oxygen atoms in total. The van der Waals surface area contributed by atoms with Crippen molar-refractivity contribution < 1.29 is 13.9 Å². The first-order valence-corrected chi connectivity index (χ1v) is 10.6. The van der Waals surface area contributed by atoms with E-state index >= 15 is 0 Å². The summed E-state index contributed by atoms with van der Waals surface area (Å²) in [5, 5.41) is 1.01. The van der Waals surface area contributed by atoms with Crippen molar-refractivity contribution in [1.29, 1.82) is 0 Å². The number of amides is 1. The molecule has 1 aromatic carbocycles. The second-order valence-electron chi connectivity index (χ2n) is 8.55. The Morgan fingerprint density at radius 3 is 2.59 bits per heavy atom. The van der Waals surface area contributed by atoms with Crippen molar-refractivity contribution in [2.24, 2.45) is 0 Å². The molecule has 2 aromatic rings. The van der Waals surface area contributed by atoms with E-state index in [-0.39, 0.29) is 17.6 Å². The lowest BCUT2D eigenvalue weighted by molar-refractivity contribution is -0.142. The summed E-state index contributed by atoms with van der Waals surface area (Å²) < 4.78 is 11.0. The molecule has 3 heterocycles. The summed E-state index contributed by atoms with van der Waals surface area (Å²) in [6, 6.07) is 5.77. The van der Waals surface area contributed by atoms with Crippen LogP contribution in [0, 0.1) is 6.92 Å². The van der Waals surface area contributed by atoms with Crippen molar-refractivity contribution in [3.63, 3.8) is 0 Å². The zero-order chi connectivity index (χ0) is 20.5. The normalized spacial score (nSPS) is 20.7. The summed E-state index contributed by atoms with van der Waals surface area (Å²) in [5.74, 6) is 0.538. The van der Waals surface area contributed by atoms with Crippen LogP contribution in [0.5, 0.6) is 0 Å². The quantitative estimate of drug-likeness (QED) is 0.741. The van der Waals surface area contributed by atoms with Gasteiger partial charge in [0.25, 0.3) is 5.91 Å². The highest BCUT2D eigenvalue weighted by Crippen LogP contribution is 2.27. The average molecular weight is 399 g/mol. The number of rotatable bonds is 4. The monoisotopic (exact) mass is 398 g/mol. The molecule has 0 radical (unpaired) electrons. The molecule has 1 unspecified atom stereocenters. The summed E-state index contributed by atoms with van der Waals surface area (Å²) in [5.41, 5.74) is 3.77. The lowest BCUT2D eigenvalue weighted by Crippen LogP contribution is -2.51. The molecule has 0 bridgehead atoms. The van der Waals surface area contributed by atoms with Gasteiger partial charge in [-0.15, -0.1) is 0 Å². The van der Waals surface area contributed by atoms with Crippen molar-refractivity contribution in [2.75, 3.05) is 32.8 Å². The second kappa shape index (κ2) is 8.28. The predicted octanol–water partition coefficient (Wildman–Crippen LogP) is 3.05. The molecule has 1 atom stereocenters. The maximum atomic E-state index is 12.5. The number of hydrogen-bond acceptors (Lipinski definition) is 5. The summed E-state index contributed by atoms with van der Waals surface area (Å²) in [7, 11) is 0. The SMILES string of the molecule is Cc1cc2oc(=O)cc(CN3CCN(C(=O)C4CCCO4)CC3)c2cc1C(C)C. The van der Waals surface area contributed by atoms with Gasteiger partial charge in [0.15, 0.2) is 0 Å². The van der Waals surface area contributed by atoms with Crippen molar-refractivity contribution >= 4 is 16.9 Å². The molecule has 0 aliphatic carbocycles. The number of hydrogen-bond donors (Lipinski definition) is 0. The van der Waals surface area contributed by atoms with Gasteiger partial charge in [0, 0.05) is 50.8 Å². The number of aryl methyl sites for hydroxylation is 1. The Kier molecular flexibility index (Phi) is 5.74. The molecule has 0 saturated carbocycles. The Labute approximate surface area is 171 Å². The van der Waals surface area contributed by atoms with Crippen molar-refractivity contribution in [2.45, 2.75) is 52.2 Å². The standard InChI is InChI=1S/C23H30N2O4/c1-15(2)18-13-19-17(12-22(26)29-21(19)11-16(18)3)14-24-6-8-25(9-7-24)23(27)20-5-4-10-28-20/h11-13,15,20H,4-10,14H2,1-3H3. The fourth-order valence-corrected chi connectivity index (χ4v) is 4.49. The van der Waals surface area contributed by atoms with Crippen molar-refractivity contribution in [3.8, 4) is 0 Å². The highest BCUT2D eigenvalue weighted by atomic mass is 16.5. The number of carbonyl (C=O) groups excluding carboxylic acids is 1. The van der Waals surface area contributed by atoms with Crippen LogP contribution in [-0.4, -0.2) is 54.6 Å². The molecular formula is C23H30N2O4. The molecule has 1 amide bonds. The number of ether oxygens (including phenoxy) is 1. The van der Waals surface area contributed by atoms with Crippen LogP contribution in [0.2, 0.25) is 0 Å². The highest BCUT2D eigenvalue weighted by Gasteiger charge is 2.30. The second-order valence-corrected chi connectivity index (χ2v) is 8.55. The fourth-order valence-electron chi connectivity index (χ4n) is 4.49. The molecule has 2 fully saturated rings. The zero-order valence-corrected chi connectivity index (χ0v) is 17.6. The van der Waals surface area contributed by atoms with Crippen LogP contribution >= 0.6 is 0 Å². The minimum absolute atomic E-state index is 0.130. The highest BCUT2D eigenvalue weighted by molar-refractivity contribution is 5.82. The molecule has 29 heavy (non-hydrogen) atoms. The molecule has 2 aliphatic heterocycles. The van der Waals surface area contributed by atoms with Gasteiger partial charge in [-0.3, -0.25) is 9.69 Å². The van der Waals surface area contributed by atoms with Gasteiger partial charge < -0.3 is 14.1 Å². The summed E-state index contributed by atoms with van der Waals surface area (Å²) in [6.45, 7) is 10.8. The van der Waals surface area contributed by atoms with E-state index in [2.05, 4.69) is 31.7 Å². The maximum Gasteiger partial charge on any atom is 0.336 e. The zero-order valence-electron chi connectivity index (χ0n) is 17.6. The molecule has 0 N–H and O–H groups in total. The molecule has 0 spiro atoms. The van der Waals surface area contributed by atoms with Gasteiger partial charge in [0.05, 0.1) is 0 Å². The van der Waals surface area contributed by atoms with E-state index in [9.17, 15) is 9.59 Å². The summed E-state index contributed by atoms with van der Waals surface area (Å²) in [6.07, 6.45) is 1.56. The van der Waals surface area contributed by atoms with Crippen LogP contribution in [0.15, 0.2) is 27.4 Å². The Bertz CT molecular complexity index is 951. The van der Waals surface area contributed by atoms with Crippen LogP contribution in [0.3, 0.4) is 0 Å². The maximum absolute atomic E-state index is 12.5. The smallest absolute Gasteiger partial charge is 0.336 e. The van der Waals surface area contributed by atoms with Crippen LogP contribution in [0.25, 0.3) is 11.0 Å². The lowest BCUT2D eigenvalue weighted by Gasteiger charge is -2.35. The number of piperazine rings is 1. The van der Waals surface area contributed by atoms with E-state index in [1.165, 1.54) is 5.56 Å². The van der Waals surface area contributed by atoms with Crippen LogP contribution in [0.1, 0.15) is 49.3 Å². The number of carbonyl (C=O) groups is 1. The van der Waals surface area contributed by atoms with E-state index < -0.39 is 0 Å². The molecule has 2 saturated heterocycles. The van der Waals surface area contributed by atoms with Gasteiger partial charge in [-0.25, -0.2) is 4.79 Å². The minimum atomic E-state index is -0.309. The molecule has 1 aromatic heterocycles. The molecule has 156 valence electrons. The average Bonchev–Trinajstić information content (AvgIpc) is 3.22. The third kappa shape index (κ3) is 4.23. The number of nitrogens with zero attached hydrogens (tertiary/aromatic N) is 2. The molecule has 6 heteroatoms. The Morgan fingerprint density at radius 1 is 1.17 bits per heavy atom. The van der Waals surface area contributed by atoms with Crippen LogP contribution in [-0.2, 0) is 16.1 Å². The number of fused-ring (bicyclic) bond motifs is 1. The minimum Gasteiger partial charge on any atom is -0.423 e. The van der Waals surface area contributed by atoms with Gasteiger partial charge in [-0.2, -0.15) is 0 Å². The van der Waals surface area contributed by atoms with Crippen LogP contribution < -0.4 is 5.63 Å². The third-order valence-electron chi connectivity index (χ3n) is 6.12. The van der Waals surface area contributed by atoms with E-state index in [1.807, 2.05) is 11.0 Å². The van der Waals surface area contributed by atoms with Gasteiger partial charge in [-0.05, 0) is 54.5 Å². The molecule has 4 rings (SSSR count). The van der Waals surface area contributed by atoms with Gasteiger partial charge in [-0.1, -0.05) is 13.8 Å². The topological polar surface area (TPSA) is 63.0 Å². The van der Waals surface area contributed by atoms with E-state index in [0.717, 1.165) is 42.4 Å². The van der Waals surface area contributed by atoms with E-state index in [4.69, 9.17) is 9.15 Å². The largest absolute Gasteiger partial charge is 0.423 e. The Balaban J connectivity index is 1.50. The Hall–Kier alpha value is -2.18. The molecular weight excluding hydrogens is 368 g/mol. The fraction of sp³-hybridized carbons (Fsp3) is 0.565. The summed E-state index contributed by atoms with van der Waals surface area (Å²) in [4.78, 5) is 28.9. The first-order valence-electron chi connectivity index (χ1n) is 10.6. The van der Waals surface area contributed by atoms with Gasteiger partial charge >= 0.3 is 5.63 Å². The first-order chi connectivity index (χ1) is 13.9. The molecule has 2 aliphatic rings. The third-order valence-corrected chi connectivity index (χ3v) is 6.12. The van der Waals surface area contributed by atoms with Gasteiger partial charge in [0.1, 0.15) is 11.7 Å². The summed E-state index contributed by atoms with van der Waals surface area (Å²) >= 11 is 0. The lowest BCUT2D eigenvalue weighted by atomic mass is 9.95. The van der Waals surface area contributed by atoms with Crippen LogP contribution in [0.4, 0.5) is 0 Å². The Morgan fingerprint density at radius 2 is 1.93 bits per heavy atom.